The van der Waals surface area contributed by atoms with Crippen molar-refractivity contribution in [1.29, 1.82) is 0 Å². The summed E-state index contributed by atoms with van der Waals surface area (Å²) in [5, 5.41) is 14.5. The predicted molar refractivity (Wildman–Crippen MR) is 64.8 cm³/mol. The minimum atomic E-state index is -3.05. The Morgan fingerprint density at radius 2 is 1.88 bits per heavy atom. The third-order valence-electron chi connectivity index (χ3n) is 2.81. The Labute approximate surface area is 102 Å². The highest BCUT2D eigenvalue weighted by Crippen LogP contribution is 2.12. The van der Waals surface area contributed by atoms with Crippen LogP contribution in [0.15, 0.2) is 0 Å². The first-order chi connectivity index (χ1) is 7.94. The number of carbonyl (C=O) groups is 1. The first kappa shape index (κ1) is 14.4. The van der Waals surface area contributed by atoms with Crippen molar-refractivity contribution in [3.63, 3.8) is 0 Å². The van der Waals surface area contributed by atoms with E-state index in [0.29, 0.717) is 0 Å². The highest BCUT2D eigenvalue weighted by molar-refractivity contribution is 7.91. The monoisotopic (exact) mass is 264 g/mol. The maximum Gasteiger partial charge on any atom is 0.317 e. The van der Waals surface area contributed by atoms with Crippen LogP contribution in [0.2, 0.25) is 0 Å². The van der Waals surface area contributed by atoms with Crippen LogP contribution in [0.25, 0.3) is 0 Å². The molecular formula is C10H20N2O4S. The van der Waals surface area contributed by atoms with Gasteiger partial charge in [0, 0.05) is 12.1 Å². The maximum absolute atomic E-state index is 11.5. The molecule has 0 spiro atoms. The molecule has 0 amide bonds. The molecule has 1 heterocycles. The Morgan fingerprint density at radius 1 is 1.29 bits per heavy atom. The zero-order valence-corrected chi connectivity index (χ0v) is 10.8. The van der Waals surface area contributed by atoms with Gasteiger partial charge in [-0.15, -0.1) is 0 Å². The lowest BCUT2D eigenvalue weighted by molar-refractivity contribution is -0.136. The van der Waals surface area contributed by atoms with Crippen LogP contribution < -0.4 is 10.6 Å². The van der Waals surface area contributed by atoms with E-state index in [1.54, 1.807) is 0 Å². The summed E-state index contributed by atoms with van der Waals surface area (Å²) in [6.45, 7) is 2.63. The molecule has 0 unspecified atom stereocenters. The van der Waals surface area contributed by atoms with E-state index < -0.39 is 15.8 Å². The number of rotatable bonds is 7. The molecule has 7 heteroatoms. The van der Waals surface area contributed by atoms with E-state index in [2.05, 4.69) is 17.6 Å². The topological polar surface area (TPSA) is 95.5 Å². The smallest absolute Gasteiger partial charge is 0.317 e. The minimum Gasteiger partial charge on any atom is -0.480 e. The molecule has 0 aromatic rings. The largest absolute Gasteiger partial charge is 0.480 e. The second-order valence-corrected chi connectivity index (χ2v) is 6.53. The summed E-state index contributed by atoms with van der Waals surface area (Å²) in [7, 11) is -3.05. The van der Waals surface area contributed by atoms with Crippen molar-refractivity contribution in [2.24, 2.45) is 0 Å². The predicted octanol–water partition coefficient (Wildman–Crippen LogP) is -0.784. The van der Waals surface area contributed by atoms with Crippen LogP contribution in [0.1, 0.15) is 19.8 Å². The van der Waals surface area contributed by atoms with Crippen LogP contribution >= 0.6 is 0 Å². The minimum absolute atomic E-state index is 0.0179. The van der Waals surface area contributed by atoms with Gasteiger partial charge in [-0.2, -0.15) is 0 Å². The summed E-state index contributed by atoms with van der Waals surface area (Å²) in [5.41, 5.74) is 0. The maximum atomic E-state index is 11.5. The highest BCUT2D eigenvalue weighted by Gasteiger charge is 2.36. The molecule has 1 saturated heterocycles. The van der Waals surface area contributed by atoms with Gasteiger partial charge in [-0.1, -0.05) is 13.3 Å². The van der Waals surface area contributed by atoms with Gasteiger partial charge in [0.2, 0.25) is 0 Å². The lowest BCUT2D eigenvalue weighted by atomic mass is 10.1. The average molecular weight is 264 g/mol. The third kappa shape index (κ3) is 5.01. The van der Waals surface area contributed by atoms with Crippen LogP contribution in [-0.4, -0.2) is 56.2 Å². The molecule has 17 heavy (non-hydrogen) atoms. The molecule has 1 rings (SSSR count). The quantitative estimate of drug-likeness (QED) is 0.522. The van der Waals surface area contributed by atoms with Crippen molar-refractivity contribution in [2.45, 2.75) is 31.8 Å². The molecule has 100 valence electrons. The van der Waals surface area contributed by atoms with Gasteiger partial charge in [-0.3, -0.25) is 4.79 Å². The molecule has 0 aromatic heterocycles. The van der Waals surface area contributed by atoms with Crippen molar-refractivity contribution in [3.05, 3.63) is 0 Å². The van der Waals surface area contributed by atoms with E-state index in [0.717, 1.165) is 19.4 Å². The number of hydrogen-bond acceptors (Lipinski definition) is 5. The summed E-state index contributed by atoms with van der Waals surface area (Å²) in [6, 6.07) is -0.473. The molecule has 0 aliphatic carbocycles. The number of carboxylic acids is 1. The second kappa shape index (κ2) is 6.32. The van der Waals surface area contributed by atoms with E-state index in [9.17, 15) is 13.2 Å². The Hall–Kier alpha value is -0.660. The standard InChI is InChI=1S/C10H20N2O4S/c1-2-3-4-11-8-6-17(15,16)7-9(8)12-5-10(13)14/h8-9,11-12H,2-7H2,1H3,(H,13,14)/t8-,9+/m0/s1. The first-order valence-electron chi connectivity index (χ1n) is 5.83. The first-order valence-corrected chi connectivity index (χ1v) is 7.65. The molecule has 2 atom stereocenters. The fourth-order valence-electron chi connectivity index (χ4n) is 1.93. The van der Waals surface area contributed by atoms with E-state index in [-0.39, 0.29) is 30.1 Å². The van der Waals surface area contributed by atoms with E-state index in [1.165, 1.54) is 0 Å². The average Bonchev–Trinajstić information content (AvgIpc) is 2.51. The second-order valence-electron chi connectivity index (χ2n) is 4.37. The number of nitrogens with one attached hydrogen (secondary N) is 2. The third-order valence-corrected chi connectivity index (χ3v) is 4.54. The molecule has 1 aliphatic rings. The zero-order chi connectivity index (χ0) is 12.9. The van der Waals surface area contributed by atoms with Gasteiger partial charge in [-0.05, 0) is 13.0 Å². The summed E-state index contributed by atoms with van der Waals surface area (Å²) in [5.74, 6) is -0.862. The van der Waals surface area contributed by atoms with Gasteiger partial charge in [0.25, 0.3) is 0 Å². The normalized spacial score (nSPS) is 27.1. The van der Waals surface area contributed by atoms with Crippen LogP contribution in [-0.2, 0) is 14.6 Å². The van der Waals surface area contributed by atoms with Crippen LogP contribution in [0.4, 0.5) is 0 Å². The van der Waals surface area contributed by atoms with E-state index >= 15 is 0 Å². The molecule has 0 radical (unpaired) electrons. The van der Waals surface area contributed by atoms with Crippen molar-refractivity contribution < 1.29 is 18.3 Å². The van der Waals surface area contributed by atoms with Crippen LogP contribution in [0.5, 0.6) is 0 Å². The SMILES string of the molecule is CCCCN[C@H]1CS(=O)(=O)C[C@H]1NCC(=O)O. The summed E-state index contributed by atoms with van der Waals surface area (Å²) in [4.78, 5) is 10.5. The molecular weight excluding hydrogens is 244 g/mol. The highest BCUT2D eigenvalue weighted by atomic mass is 32.2. The van der Waals surface area contributed by atoms with Crippen molar-refractivity contribution >= 4 is 15.8 Å². The lowest BCUT2D eigenvalue weighted by Crippen LogP contribution is -2.48. The fraction of sp³-hybridized carbons (Fsp3) is 0.900. The Kier molecular flexibility index (Phi) is 5.35. The van der Waals surface area contributed by atoms with Crippen LogP contribution in [0.3, 0.4) is 0 Å². The Balaban J connectivity index is 2.49. The number of carboxylic acid groups (broad SMARTS) is 1. The molecule has 6 nitrogen and oxygen atoms in total. The van der Waals surface area contributed by atoms with E-state index in [1.807, 2.05) is 0 Å². The zero-order valence-electron chi connectivity index (χ0n) is 9.98. The van der Waals surface area contributed by atoms with Crippen molar-refractivity contribution in [2.75, 3.05) is 24.6 Å². The van der Waals surface area contributed by atoms with Crippen molar-refractivity contribution in [3.8, 4) is 0 Å². The Bertz CT molecular complexity index is 355. The molecule has 3 N–H and O–H groups in total. The van der Waals surface area contributed by atoms with Crippen molar-refractivity contribution in [1.82, 2.24) is 10.6 Å². The number of unbranched alkanes of at least 4 members (excludes halogenated alkanes) is 1. The molecule has 0 aromatic carbocycles. The van der Waals surface area contributed by atoms with Gasteiger partial charge in [-0.25, -0.2) is 8.42 Å². The van der Waals surface area contributed by atoms with E-state index in [4.69, 9.17) is 5.11 Å². The van der Waals surface area contributed by atoms with Gasteiger partial charge in [0.15, 0.2) is 9.84 Å². The van der Waals surface area contributed by atoms with Gasteiger partial charge in [0.1, 0.15) is 0 Å². The van der Waals surface area contributed by atoms with Gasteiger partial charge >= 0.3 is 5.97 Å². The molecule has 0 bridgehead atoms. The summed E-state index contributed by atoms with van der Waals surface area (Å²) >= 11 is 0. The summed E-state index contributed by atoms with van der Waals surface area (Å²) in [6.07, 6.45) is 2.03. The summed E-state index contributed by atoms with van der Waals surface area (Å²) < 4.78 is 23.0. The Morgan fingerprint density at radius 3 is 2.41 bits per heavy atom. The molecule has 0 saturated carbocycles. The number of hydrogen-bond donors (Lipinski definition) is 3. The lowest BCUT2D eigenvalue weighted by Gasteiger charge is -2.19. The number of sulfone groups is 1. The van der Waals surface area contributed by atoms with Gasteiger partial charge < -0.3 is 15.7 Å². The van der Waals surface area contributed by atoms with Gasteiger partial charge in [0.05, 0.1) is 18.1 Å². The molecule has 1 aliphatic heterocycles. The molecule has 1 fully saturated rings. The number of aliphatic carboxylic acids is 1. The fourth-order valence-corrected chi connectivity index (χ4v) is 3.86. The van der Waals surface area contributed by atoms with Crippen LogP contribution in [0, 0.1) is 0 Å².